The van der Waals surface area contributed by atoms with Gasteiger partial charge < -0.3 is 10.1 Å². The second kappa shape index (κ2) is 5.14. The highest BCUT2D eigenvalue weighted by molar-refractivity contribution is 5.33. The Morgan fingerprint density at radius 1 is 1.37 bits per heavy atom. The van der Waals surface area contributed by atoms with Gasteiger partial charge in [-0.15, -0.1) is 0 Å². The van der Waals surface area contributed by atoms with E-state index < -0.39 is 0 Å². The van der Waals surface area contributed by atoms with E-state index in [1.807, 2.05) is 6.07 Å². The summed E-state index contributed by atoms with van der Waals surface area (Å²) in [6, 6.07) is 8.36. The fourth-order valence-corrected chi connectivity index (χ4v) is 3.30. The maximum atomic E-state index is 5.46. The minimum atomic E-state index is 0.320. The Hall–Kier alpha value is -1.06. The van der Waals surface area contributed by atoms with E-state index in [4.69, 9.17) is 4.74 Å². The molecule has 0 radical (unpaired) electrons. The van der Waals surface area contributed by atoms with Crippen molar-refractivity contribution in [3.05, 3.63) is 29.8 Å². The molecule has 104 valence electrons. The van der Waals surface area contributed by atoms with Crippen molar-refractivity contribution in [3.8, 4) is 5.75 Å². The Balaban J connectivity index is 1.69. The summed E-state index contributed by atoms with van der Waals surface area (Å²) in [5, 5.41) is 3.73. The van der Waals surface area contributed by atoms with E-state index in [1.54, 1.807) is 7.11 Å². The summed E-state index contributed by atoms with van der Waals surface area (Å²) in [6.07, 6.45) is 2.79. The van der Waals surface area contributed by atoms with Gasteiger partial charge in [0, 0.05) is 37.3 Å². The van der Waals surface area contributed by atoms with Crippen LogP contribution in [-0.2, 0) is 6.54 Å². The van der Waals surface area contributed by atoms with Gasteiger partial charge in [-0.1, -0.05) is 18.2 Å². The molecule has 1 saturated carbocycles. The van der Waals surface area contributed by atoms with E-state index in [9.17, 15) is 0 Å². The molecule has 0 aromatic heterocycles. The van der Waals surface area contributed by atoms with Gasteiger partial charge in [-0.2, -0.15) is 0 Å². The predicted molar refractivity (Wildman–Crippen MR) is 77.4 cm³/mol. The zero-order valence-corrected chi connectivity index (χ0v) is 12.0. The third-order valence-electron chi connectivity index (χ3n) is 4.57. The topological polar surface area (TPSA) is 24.5 Å². The quantitative estimate of drug-likeness (QED) is 0.899. The van der Waals surface area contributed by atoms with Crippen LogP contribution in [0.2, 0.25) is 0 Å². The van der Waals surface area contributed by atoms with Crippen LogP contribution in [-0.4, -0.2) is 37.2 Å². The third-order valence-corrected chi connectivity index (χ3v) is 4.57. The lowest BCUT2D eigenvalue weighted by atomic mass is 9.92. The van der Waals surface area contributed by atoms with Crippen LogP contribution in [0.5, 0.6) is 5.75 Å². The summed E-state index contributed by atoms with van der Waals surface area (Å²) < 4.78 is 5.46. The highest BCUT2D eigenvalue weighted by Crippen LogP contribution is 2.41. The van der Waals surface area contributed by atoms with Crippen molar-refractivity contribution in [2.75, 3.05) is 26.7 Å². The Labute approximate surface area is 115 Å². The molecule has 1 aliphatic heterocycles. The largest absolute Gasteiger partial charge is 0.496 e. The number of benzene rings is 1. The van der Waals surface area contributed by atoms with Crippen LogP contribution in [0.1, 0.15) is 25.3 Å². The van der Waals surface area contributed by atoms with E-state index in [2.05, 4.69) is 35.3 Å². The van der Waals surface area contributed by atoms with Crippen LogP contribution < -0.4 is 10.1 Å². The number of nitrogens with zero attached hydrogens (tertiary/aromatic N) is 1. The first-order chi connectivity index (χ1) is 9.21. The summed E-state index contributed by atoms with van der Waals surface area (Å²) in [7, 11) is 1.75. The molecule has 19 heavy (non-hydrogen) atoms. The van der Waals surface area contributed by atoms with Gasteiger partial charge in [0.2, 0.25) is 0 Å². The highest BCUT2D eigenvalue weighted by Gasteiger charge is 2.43. The smallest absolute Gasteiger partial charge is 0.123 e. The van der Waals surface area contributed by atoms with Gasteiger partial charge in [0.25, 0.3) is 0 Å². The van der Waals surface area contributed by atoms with Gasteiger partial charge in [0.05, 0.1) is 7.11 Å². The molecule has 2 fully saturated rings. The normalized spacial score (nSPS) is 28.3. The lowest BCUT2D eigenvalue weighted by Crippen LogP contribution is -2.59. The fourth-order valence-electron chi connectivity index (χ4n) is 3.30. The number of rotatable bonds is 4. The standard InChI is InChI=1S/C16H24N2O/c1-16(14-7-8-14)12-18(10-9-17-16)11-13-5-3-4-6-15(13)19-2/h3-6,14,17H,7-12H2,1-2H3. The molecule has 0 spiro atoms. The molecule has 0 amide bonds. The molecule has 1 unspecified atom stereocenters. The molecule has 1 heterocycles. The number of ether oxygens (including phenoxy) is 1. The zero-order valence-electron chi connectivity index (χ0n) is 12.0. The monoisotopic (exact) mass is 260 g/mol. The number of methoxy groups -OCH3 is 1. The molecule has 1 aromatic carbocycles. The van der Waals surface area contributed by atoms with Gasteiger partial charge in [0.1, 0.15) is 5.75 Å². The Kier molecular flexibility index (Phi) is 3.50. The first-order valence-corrected chi connectivity index (χ1v) is 7.30. The lowest BCUT2D eigenvalue weighted by molar-refractivity contribution is 0.120. The fraction of sp³-hybridized carbons (Fsp3) is 0.625. The molecule has 0 bridgehead atoms. The Bertz CT molecular complexity index is 444. The van der Waals surface area contributed by atoms with E-state index in [0.717, 1.165) is 37.8 Å². The highest BCUT2D eigenvalue weighted by atomic mass is 16.5. The summed E-state index contributed by atoms with van der Waals surface area (Å²) in [4.78, 5) is 2.56. The number of hydrogen-bond acceptors (Lipinski definition) is 3. The molecular weight excluding hydrogens is 236 g/mol. The average molecular weight is 260 g/mol. The first kappa shape index (κ1) is 12.9. The minimum absolute atomic E-state index is 0.320. The maximum absolute atomic E-state index is 5.46. The molecule has 1 saturated heterocycles. The molecule has 1 aromatic rings. The van der Waals surface area contributed by atoms with Gasteiger partial charge in [-0.05, 0) is 31.7 Å². The molecule has 3 rings (SSSR count). The van der Waals surface area contributed by atoms with Gasteiger partial charge in [0.15, 0.2) is 0 Å². The number of nitrogens with one attached hydrogen (secondary N) is 1. The molecular formula is C16H24N2O. The van der Waals surface area contributed by atoms with Crippen molar-refractivity contribution in [1.29, 1.82) is 0 Å². The lowest BCUT2D eigenvalue weighted by Gasteiger charge is -2.42. The molecule has 1 aliphatic carbocycles. The number of hydrogen-bond donors (Lipinski definition) is 1. The molecule has 1 N–H and O–H groups in total. The van der Waals surface area contributed by atoms with Crippen LogP contribution in [0, 0.1) is 5.92 Å². The third kappa shape index (κ3) is 2.77. The predicted octanol–water partition coefficient (Wildman–Crippen LogP) is 2.27. The minimum Gasteiger partial charge on any atom is -0.496 e. The number of para-hydroxylation sites is 1. The van der Waals surface area contributed by atoms with Crippen LogP contribution in [0.3, 0.4) is 0 Å². The molecule has 2 aliphatic rings. The summed E-state index contributed by atoms with van der Waals surface area (Å²) >= 11 is 0. The van der Waals surface area contributed by atoms with Crippen LogP contribution in [0.25, 0.3) is 0 Å². The van der Waals surface area contributed by atoms with Crippen molar-refractivity contribution >= 4 is 0 Å². The zero-order chi connectivity index (χ0) is 13.3. The van der Waals surface area contributed by atoms with Crippen LogP contribution >= 0.6 is 0 Å². The number of piperazine rings is 1. The average Bonchev–Trinajstić information content (AvgIpc) is 3.24. The SMILES string of the molecule is COc1ccccc1CN1CCNC(C)(C2CC2)C1. The van der Waals surface area contributed by atoms with Crippen molar-refractivity contribution < 1.29 is 4.74 Å². The Morgan fingerprint density at radius 2 is 2.16 bits per heavy atom. The van der Waals surface area contributed by atoms with E-state index >= 15 is 0 Å². The second-order valence-corrected chi connectivity index (χ2v) is 6.14. The summed E-state index contributed by atoms with van der Waals surface area (Å²) in [5.74, 6) is 1.89. The summed E-state index contributed by atoms with van der Waals surface area (Å²) in [5.41, 5.74) is 1.62. The van der Waals surface area contributed by atoms with Crippen molar-refractivity contribution in [2.24, 2.45) is 5.92 Å². The van der Waals surface area contributed by atoms with Crippen LogP contribution in [0.15, 0.2) is 24.3 Å². The van der Waals surface area contributed by atoms with Crippen molar-refractivity contribution in [1.82, 2.24) is 10.2 Å². The van der Waals surface area contributed by atoms with Gasteiger partial charge >= 0.3 is 0 Å². The van der Waals surface area contributed by atoms with Crippen LogP contribution in [0.4, 0.5) is 0 Å². The second-order valence-electron chi connectivity index (χ2n) is 6.14. The van der Waals surface area contributed by atoms with Crippen molar-refractivity contribution in [2.45, 2.75) is 31.8 Å². The first-order valence-electron chi connectivity index (χ1n) is 7.30. The van der Waals surface area contributed by atoms with E-state index in [1.165, 1.54) is 18.4 Å². The van der Waals surface area contributed by atoms with Gasteiger partial charge in [-0.3, -0.25) is 4.90 Å². The molecule has 3 nitrogen and oxygen atoms in total. The Morgan fingerprint density at radius 3 is 2.89 bits per heavy atom. The molecule has 3 heteroatoms. The molecule has 1 atom stereocenters. The van der Waals surface area contributed by atoms with E-state index in [0.29, 0.717) is 5.54 Å². The summed E-state index contributed by atoms with van der Waals surface area (Å²) in [6.45, 7) is 6.76. The van der Waals surface area contributed by atoms with E-state index in [-0.39, 0.29) is 0 Å². The van der Waals surface area contributed by atoms with Gasteiger partial charge in [-0.25, -0.2) is 0 Å². The maximum Gasteiger partial charge on any atom is 0.123 e. The van der Waals surface area contributed by atoms with Crippen molar-refractivity contribution in [3.63, 3.8) is 0 Å².